The lowest BCUT2D eigenvalue weighted by Crippen LogP contribution is -2.35. The van der Waals surface area contributed by atoms with Crippen molar-refractivity contribution in [3.63, 3.8) is 0 Å². The van der Waals surface area contributed by atoms with Crippen LogP contribution >= 0.6 is 0 Å². The number of benzene rings is 2. The van der Waals surface area contributed by atoms with Gasteiger partial charge in [0, 0.05) is 23.9 Å². The summed E-state index contributed by atoms with van der Waals surface area (Å²) in [6, 6.07) is 11.4. The molecule has 2 aromatic rings. The predicted molar refractivity (Wildman–Crippen MR) is 104 cm³/mol. The molecule has 152 valence electrons. The molecule has 1 atom stereocenters. The second-order valence-corrected chi connectivity index (χ2v) is 6.07. The molecular weight excluding hydrogens is 381 g/mol. The second-order valence-electron chi connectivity index (χ2n) is 6.07. The van der Waals surface area contributed by atoms with Gasteiger partial charge in [-0.1, -0.05) is 6.07 Å². The largest absolute Gasteiger partial charge is 0.451 e. The van der Waals surface area contributed by atoms with Gasteiger partial charge >= 0.3 is 5.97 Å². The van der Waals surface area contributed by atoms with Crippen molar-refractivity contribution in [3.8, 4) is 0 Å². The number of carbonyl (C=O) groups excluding carboxylic acids is 4. The van der Waals surface area contributed by atoms with Gasteiger partial charge in [0.25, 0.3) is 11.8 Å². The Morgan fingerprint density at radius 3 is 2.21 bits per heavy atom. The van der Waals surface area contributed by atoms with E-state index in [1.807, 2.05) is 0 Å². The zero-order valence-corrected chi connectivity index (χ0v) is 15.8. The van der Waals surface area contributed by atoms with Crippen LogP contribution in [0.15, 0.2) is 48.5 Å². The Hall–Kier alpha value is -3.75. The van der Waals surface area contributed by atoms with Crippen LogP contribution in [-0.2, 0) is 19.1 Å². The fraction of sp³-hybridized carbons (Fsp3) is 0.200. The van der Waals surface area contributed by atoms with Crippen LogP contribution in [0, 0.1) is 5.82 Å². The van der Waals surface area contributed by atoms with Crippen molar-refractivity contribution in [2.75, 3.05) is 17.2 Å². The third kappa shape index (κ3) is 7.06. The monoisotopic (exact) mass is 401 g/mol. The summed E-state index contributed by atoms with van der Waals surface area (Å²) in [5.41, 5.74) is 1.08. The summed E-state index contributed by atoms with van der Waals surface area (Å²) in [5.74, 6) is -2.82. The molecule has 0 aliphatic heterocycles. The van der Waals surface area contributed by atoms with Crippen LogP contribution in [0.2, 0.25) is 0 Å². The fourth-order valence-corrected chi connectivity index (χ4v) is 2.26. The maximum atomic E-state index is 13.1. The van der Waals surface area contributed by atoms with Gasteiger partial charge in [-0.25, -0.2) is 4.39 Å². The number of nitrogens with one attached hydrogen (secondary N) is 3. The lowest BCUT2D eigenvalue weighted by molar-refractivity contribution is -0.152. The zero-order chi connectivity index (χ0) is 21.4. The first-order chi connectivity index (χ1) is 13.7. The van der Waals surface area contributed by atoms with E-state index in [1.54, 1.807) is 24.3 Å². The molecule has 0 fully saturated rings. The van der Waals surface area contributed by atoms with Gasteiger partial charge in [0.15, 0.2) is 6.10 Å². The van der Waals surface area contributed by atoms with Crippen molar-refractivity contribution in [1.82, 2.24) is 5.32 Å². The molecule has 8 nitrogen and oxygen atoms in total. The maximum absolute atomic E-state index is 13.1. The number of halogens is 1. The number of anilines is 2. The highest BCUT2D eigenvalue weighted by Crippen LogP contribution is 2.14. The highest BCUT2D eigenvalue weighted by molar-refractivity contribution is 5.97. The first-order valence-electron chi connectivity index (χ1n) is 8.66. The van der Waals surface area contributed by atoms with E-state index < -0.39 is 36.2 Å². The fourth-order valence-electron chi connectivity index (χ4n) is 2.26. The molecule has 1 unspecified atom stereocenters. The van der Waals surface area contributed by atoms with Crippen molar-refractivity contribution in [2.24, 2.45) is 0 Å². The highest BCUT2D eigenvalue weighted by Gasteiger charge is 2.18. The molecule has 0 saturated heterocycles. The Labute approximate surface area is 166 Å². The number of rotatable bonds is 7. The van der Waals surface area contributed by atoms with Crippen LogP contribution in [0.1, 0.15) is 24.2 Å². The van der Waals surface area contributed by atoms with Crippen LogP contribution in [0.3, 0.4) is 0 Å². The standard InChI is InChI=1S/C20H20FN3O5/c1-12(19(27)24-17-8-6-16(7-9-17)23-13(2)25)29-18(26)11-22-20(28)14-4-3-5-15(21)10-14/h3-10,12H,11H2,1-2H3,(H,22,28)(H,23,25)(H,24,27). The molecule has 0 aliphatic rings. The summed E-state index contributed by atoms with van der Waals surface area (Å²) in [5, 5.41) is 7.46. The zero-order valence-electron chi connectivity index (χ0n) is 15.8. The number of hydrogen-bond acceptors (Lipinski definition) is 5. The highest BCUT2D eigenvalue weighted by atomic mass is 19.1. The Balaban J connectivity index is 1.80. The van der Waals surface area contributed by atoms with Crippen LogP contribution < -0.4 is 16.0 Å². The molecule has 0 aliphatic carbocycles. The van der Waals surface area contributed by atoms with Crippen LogP contribution in [-0.4, -0.2) is 36.3 Å². The van der Waals surface area contributed by atoms with Crippen LogP contribution in [0.4, 0.5) is 15.8 Å². The van der Waals surface area contributed by atoms with Crippen molar-refractivity contribution in [3.05, 3.63) is 59.9 Å². The minimum absolute atomic E-state index is 0.0614. The Morgan fingerprint density at radius 1 is 1.00 bits per heavy atom. The van der Waals surface area contributed by atoms with Crippen molar-refractivity contribution in [1.29, 1.82) is 0 Å². The van der Waals surface area contributed by atoms with Gasteiger partial charge in [-0.05, 0) is 49.4 Å². The van der Waals surface area contributed by atoms with E-state index in [0.717, 1.165) is 6.07 Å². The van der Waals surface area contributed by atoms with E-state index in [4.69, 9.17) is 4.74 Å². The molecule has 0 bridgehead atoms. The van der Waals surface area contributed by atoms with Gasteiger partial charge in [0.05, 0.1) is 0 Å². The minimum Gasteiger partial charge on any atom is -0.451 e. The van der Waals surface area contributed by atoms with E-state index in [2.05, 4.69) is 16.0 Å². The number of ether oxygens (including phenoxy) is 1. The summed E-state index contributed by atoms with van der Waals surface area (Å²) in [6.07, 6.45) is -1.11. The van der Waals surface area contributed by atoms with E-state index in [0.29, 0.717) is 11.4 Å². The second kappa shape index (κ2) is 9.98. The summed E-state index contributed by atoms with van der Waals surface area (Å²) in [6.45, 7) is 2.29. The van der Waals surface area contributed by atoms with Crippen molar-refractivity contribution >= 4 is 35.1 Å². The number of esters is 1. The third-order valence-corrected chi connectivity index (χ3v) is 3.63. The van der Waals surface area contributed by atoms with Gasteiger partial charge in [0.1, 0.15) is 12.4 Å². The van der Waals surface area contributed by atoms with Gasteiger partial charge in [0.2, 0.25) is 5.91 Å². The smallest absolute Gasteiger partial charge is 0.326 e. The number of hydrogen-bond donors (Lipinski definition) is 3. The predicted octanol–water partition coefficient (Wildman–Crippen LogP) is 2.08. The molecule has 0 saturated carbocycles. The molecule has 0 spiro atoms. The molecule has 29 heavy (non-hydrogen) atoms. The molecule has 2 aromatic carbocycles. The molecule has 2 rings (SSSR count). The lowest BCUT2D eigenvalue weighted by Gasteiger charge is -2.14. The normalized spacial score (nSPS) is 11.1. The average molecular weight is 401 g/mol. The van der Waals surface area contributed by atoms with E-state index in [1.165, 1.54) is 32.0 Å². The first-order valence-corrected chi connectivity index (χ1v) is 8.66. The molecular formula is C20H20FN3O5. The average Bonchev–Trinajstić information content (AvgIpc) is 2.67. The molecule has 9 heteroatoms. The third-order valence-electron chi connectivity index (χ3n) is 3.63. The summed E-state index contributed by atoms with van der Waals surface area (Å²) >= 11 is 0. The van der Waals surface area contributed by atoms with E-state index >= 15 is 0 Å². The topological polar surface area (TPSA) is 114 Å². The van der Waals surface area contributed by atoms with Crippen LogP contribution in [0.25, 0.3) is 0 Å². The maximum Gasteiger partial charge on any atom is 0.326 e. The van der Waals surface area contributed by atoms with E-state index in [-0.39, 0.29) is 11.5 Å². The molecule has 3 N–H and O–H groups in total. The first kappa shape index (κ1) is 21.5. The molecule has 0 radical (unpaired) electrons. The Bertz CT molecular complexity index is 915. The quantitative estimate of drug-likeness (QED) is 0.615. The number of amides is 3. The van der Waals surface area contributed by atoms with Gasteiger partial charge in [-0.2, -0.15) is 0 Å². The SMILES string of the molecule is CC(=O)Nc1ccc(NC(=O)C(C)OC(=O)CNC(=O)c2cccc(F)c2)cc1. The number of carbonyl (C=O) groups is 4. The Kier molecular flexibility index (Phi) is 7.41. The lowest BCUT2D eigenvalue weighted by atomic mass is 10.2. The minimum atomic E-state index is -1.11. The van der Waals surface area contributed by atoms with Crippen LogP contribution in [0.5, 0.6) is 0 Å². The molecule has 3 amide bonds. The van der Waals surface area contributed by atoms with Gasteiger partial charge < -0.3 is 20.7 Å². The summed E-state index contributed by atoms with van der Waals surface area (Å²) in [4.78, 5) is 46.8. The van der Waals surface area contributed by atoms with Crippen molar-refractivity contribution < 1.29 is 28.3 Å². The van der Waals surface area contributed by atoms with Crippen molar-refractivity contribution in [2.45, 2.75) is 20.0 Å². The van der Waals surface area contributed by atoms with E-state index in [9.17, 15) is 23.6 Å². The summed E-state index contributed by atoms with van der Waals surface area (Å²) < 4.78 is 18.1. The molecule has 0 aromatic heterocycles. The Morgan fingerprint density at radius 2 is 1.62 bits per heavy atom. The molecule has 0 heterocycles. The van der Waals surface area contributed by atoms with Gasteiger partial charge in [-0.15, -0.1) is 0 Å². The van der Waals surface area contributed by atoms with Gasteiger partial charge in [-0.3, -0.25) is 19.2 Å². The summed E-state index contributed by atoms with van der Waals surface area (Å²) in [7, 11) is 0.